The molecule has 3 fully saturated rings. The first-order chi connectivity index (χ1) is 11.1. The Labute approximate surface area is 136 Å². The molecule has 0 radical (unpaired) electrons. The Hall–Kier alpha value is -1.40. The summed E-state index contributed by atoms with van der Waals surface area (Å²) in [6.07, 6.45) is 4.39. The molecule has 5 nitrogen and oxygen atoms in total. The number of anilines is 1. The molecule has 3 aliphatic rings. The van der Waals surface area contributed by atoms with E-state index in [1.165, 1.54) is 0 Å². The van der Waals surface area contributed by atoms with Gasteiger partial charge in [-0.15, -0.1) is 0 Å². The molecule has 1 aliphatic heterocycles. The van der Waals surface area contributed by atoms with Crippen LogP contribution in [-0.2, 0) is 19.4 Å². The summed E-state index contributed by atoms with van der Waals surface area (Å²) in [7, 11) is -3.33. The SMILES string of the molecule is O=C(Nc1ccccc1S(=O)(=O)C1CC1)[C@@H]1CCO[C@H]1C1CC1. The van der Waals surface area contributed by atoms with Gasteiger partial charge in [0.1, 0.15) is 0 Å². The van der Waals surface area contributed by atoms with Crippen molar-refractivity contribution in [3.63, 3.8) is 0 Å². The summed E-state index contributed by atoms with van der Waals surface area (Å²) in [4.78, 5) is 12.9. The number of amides is 1. The molecule has 6 heteroatoms. The molecule has 0 bridgehead atoms. The van der Waals surface area contributed by atoms with Gasteiger partial charge in [-0.1, -0.05) is 12.1 Å². The third-order valence-corrected chi connectivity index (χ3v) is 7.29. The number of benzene rings is 1. The van der Waals surface area contributed by atoms with Gasteiger partial charge in [0.25, 0.3) is 0 Å². The van der Waals surface area contributed by atoms with Gasteiger partial charge in [0.05, 0.1) is 27.9 Å². The first-order valence-corrected chi connectivity index (χ1v) is 9.87. The topological polar surface area (TPSA) is 72.5 Å². The van der Waals surface area contributed by atoms with E-state index in [-0.39, 0.29) is 28.1 Å². The van der Waals surface area contributed by atoms with Crippen molar-refractivity contribution in [2.24, 2.45) is 11.8 Å². The van der Waals surface area contributed by atoms with Crippen LogP contribution in [-0.4, -0.2) is 32.3 Å². The van der Waals surface area contributed by atoms with Crippen LogP contribution in [0.1, 0.15) is 32.1 Å². The van der Waals surface area contributed by atoms with Gasteiger partial charge < -0.3 is 10.1 Å². The van der Waals surface area contributed by atoms with Crippen LogP contribution in [0.5, 0.6) is 0 Å². The molecule has 2 aliphatic carbocycles. The molecule has 124 valence electrons. The van der Waals surface area contributed by atoms with Crippen molar-refractivity contribution in [1.82, 2.24) is 0 Å². The molecular formula is C17H21NO4S. The molecule has 1 N–H and O–H groups in total. The Bertz CT molecular complexity index is 722. The first-order valence-electron chi connectivity index (χ1n) is 8.33. The molecule has 0 unspecified atom stereocenters. The number of carbonyl (C=O) groups is 1. The standard InChI is InChI=1S/C17H21NO4S/c19-17(13-9-10-22-16(13)11-5-6-11)18-14-3-1-2-4-15(14)23(20,21)12-7-8-12/h1-4,11-13,16H,5-10H2,(H,18,19)/t13-,16+/m1/s1. The average molecular weight is 335 g/mol. The van der Waals surface area contributed by atoms with Crippen molar-refractivity contribution in [1.29, 1.82) is 0 Å². The second kappa shape index (κ2) is 5.60. The molecule has 1 aromatic carbocycles. The van der Waals surface area contributed by atoms with E-state index in [1.54, 1.807) is 24.3 Å². The second-order valence-electron chi connectivity index (χ2n) is 6.80. The highest BCUT2D eigenvalue weighted by atomic mass is 32.2. The van der Waals surface area contributed by atoms with E-state index < -0.39 is 9.84 Å². The van der Waals surface area contributed by atoms with Crippen molar-refractivity contribution in [3.8, 4) is 0 Å². The van der Waals surface area contributed by atoms with E-state index in [2.05, 4.69) is 5.32 Å². The number of sulfone groups is 1. The van der Waals surface area contributed by atoms with Gasteiger partial charge in [-0.2, -0.15) is 0 Å². The van der Waals surface area contributed by atoms with Crippen LogP contribution < -0.4 is 5.32 Å². The number of para-hydroxylation sites is 1. The Morgan fingerprint density at radius 3 is 2.52 bits per heavy atom. The highest BCUT2D eigenvalue weighted by molar-refractivity contribution is 7.92. The van der Waals surface area contributed by atoms with E-state index in [0.717, 1.165) is 12.8 Å². The molecule has 23 heavy (non-hydrogen) atoms. The van der Waals surface area contributed by atoms with Crippen LogP contribution in [0.3, 0.4) is 0 Å². The van der Waals surface area contributed by atoms with E-state index in [1.807, 2.05) is 0 Å². The molecule has 1 amide bonds. The smallest absolute Gasteiger partial charge is 0.230 e. The molecule has 2 saturated carbocycles. The zero-order valence-electron chi connectivity index (χ0n) is 12.9. The monoisotopic (exact) mass is 335 g/mol. The molecule has 2 atom stereocenters. The lowest BCUT2D eigenvalue weighted by atomic mass is 9.97. The lowest BCUT2D eigenvalue weighted by Crippen LogP contribution is -2.31. The van der Waals surface area contributed by atoms with Gasteiger partial charge in [0.15, 0.2) is 9.84 Å². The summed E-state index contributed by atoms with van der Waals surface area (Å²) in [6.45, 7) is 0.612. The number of nitrogens with one attached hydrogen (secondary N) is 1. The maximum Gasteiger partial charge on any atom is 0.230 e. The Balaban J connectivity index is 1.56. The number of hydrogen-bond donors (Lipinski definition) is 1. The largest absolute Gasteiger partial charge is 0.377 e. The van der Waals surface area contributed by atoms with E-state index in [4.69, 9.17) is 4.74 Å². The normalized spacial score (nSPS) is 27.8. The van der Waals surface area contributed by atoms with Crippen molar-refractivity contribution >= 4 is 21.4 Å². The molecule has 4 rings (SSSR count). The van der Waals surface area contributed by atoms with E-state index in [9.17, 15) is 13.2 Å². The lowest BCUT2D eigenvalue weighted by Gasteiger charge is -2.18. The Morgan fingerprint density at radius 2 is 1.83 bits per heavy atom. The quantitative estimate of drug-likeness (QED) is 0.897. The number of hydrogen-bond acceptors (Lipinski definition) is 4. The number of carbonyl (C=O) groups excluding carboxylic acids is 1. The van der Waals surface area contributed by atoms with Gasteiger partial charge in [-0.25, -0.2) is 8.42 Å². The fourth-order valence-corrected chi connectivity index (χ4v) is 5.19. The molecule has 0 spiro atoms. The highest BCUT2D eigenvalue weighted by Gasteiger charge is 2.44. The van der Waals surface area contributed by atoms with E-state index in [0.29, 0.717) is 37.5 Å². The minimum atomic E-state index is -3.33. The second-order valence-corrected chi connectivity index (χ2v) is 8.99. The summed E-state index contributed by atoms with van der Waals surface area (Å²) < 4.78 is 30.8. The summed E-state index contributed by atoms with van der Waals surface area (Å²) in [5.74, 6) is 0.218. The Kier molecular flexibility index (Phi) is 3.69. The summed E-state index contributed by atoms with van der Waals surface area (Å²) in [5.41, 5.74) is 0.408. The fraction of sp³-hybridized carbons (Fsp3) is 0.588. The Morgan fingerprint density at radius 1 is 1.09 bits per heavy atom. The van der Waals surface area contributed by atoms with Crippen LogP contribution >= 0.6 is 0 Å². The third-order valence-electron chi connectivity index (χ3n) is 4.97. The minimum absolute atomic E-state index is 0.00204. The third kappa shape index (κ3) is 2.90. The van der Waals surface area contributed by atoms with Crippen molar-refractivity contribution in [2.45, 2.75) is 48.4 Å². The molecule has 0 aromatic heterocycles. The van der Waals surface area contributed by atoms with Crippen molar-refractivity contribution in [3.05, 3.63) is 24.3 Å². The van der Waals surface area contributed by atoms with Gasteiger partial charge in [0, 0.05) is 6.61 Å². The molecule has 1 aromatic rings. The molecule has 1 heterocycles. The lowest BCUT2D eigenvalue weighted by molar-refractivity contribution is -0.121. The highest BCUT2D eigenvalue weighted by Crippen LogP contribution is 2.42. The van der Waals surface area contributed by atoms with Crippen LogP contribution in [0.2, 0.25) is 0 Å². The first kappa shape index (κ1) is 15.1. The molecular weight excluding hydrogens is 314 g/mol. The van der Waals surface area contributed by atoms with Gasteiger partial charge in [-0.3, -0.25) is 4.79 Å². The fourth-order valence-electron chi connectivity index (χ4n) is 3.38. The number of rotatable bonds is 5. The van der Waals surface area contributed by atoms with Gasteiger partial charge in [-0.05, 0) is 50.2 Å². The van der Waals surface area contributed by atoms with Crippen LogP contribution in [0, 0.1) is 11.8 Å². The van der Waals surface area contributed by atoms with E-state index >= 15 is 0 Å². The predicted octanol–water partition coefficient (Wildman–Crippen LogP) is 2.38. The van der Waals surface area contributed by atoms with Gasteiger partial charge in [0.2, 0.25) is 5.91 Å². The molecule has 1 saturated heterocycles. The summed E-state index contributed by atoms with van der Waals surface area (Å²) in [5, 5.41) is 2.57. The van der Waals surface area contributed by atoms with Crippen molar-refractivity contribution in [2.75, 3.05) is 11.9 Å². The van der Waals surface area contributed by atoms with Crippen LogP contribution in [0.25, 0.3) is 0 Å². The van der Waals surface area contributed by atoms with Crippen LogP contribution in [0.4, 0.5) is 5.69 Å². The predicted molar refractivity (Wildman–Crippen MR) is 85.9 cm³/mol. The number of ether oxygens (including phenoxy) is 1. The zero-order chi connectivity index (χ0) is 16.0. The maximum absolute atomic E-state index is 12.6. The van der Waals surface area contributed by atoms with Crippen LogP contribution in [0.15, 0.2) is 29.2 Å². The maximum atomic E-state index is 12.6. The summed E-state index contributed by atoms with van der Waals surface area (Å²) in [6, 6.07) is 6.73. The minimum Gasteiger partial charge on any atom is -0.377 e. The average Bonchev–Trinajstić information content (AvgIpc) is 3.45. The summed E-state index contributed by atoms with van der Waals surface area (Å²) >= 11 is 0. The van der Waals surface area contributed by atoms with Gasteiger partial charge >= 0.3 is 0 Å². The van der Waals surface area contributed by atoms with Crippen molar-refractivity contribution < 1.29 is 17.9 Å². The zero-order valence-corrected chi connectivity index (χ0v) is 13.7.